The summed E-state index contributed by atoms with van der Waals surface area (Å²) in [7, 11) is 0. The van der Waals surface area contributed by atoms with Gasteiger partial charge >= 0.3 is 0 Å². The topological polar surface area (TPSA) is 50.2 Å². The number of aromatic nitrogens is 1. The highest BCUT2D eigenvalue weighted by atomic mass is 32.1. The van der Waals surface area contributed by atoms with Crippen molar-refractivity contribution in [2.45, 2.75) is 51.6 Å². The number of ketones is 1. The van der Waals surface area contributed by atoms with Crippen LogP contribution in [0.1, 0.15) is 42.8 Å². The number of rotatable bonds is 4. The van der Waals surface area contributed by atoms with Crippen LogP contribution in [0.4, 0.5) is 0 Å². The van der Waals surface area contributed by atoms with Crippen molar-refractivity contribution in [3.8, 4) is 0 Å². The molecule has 0 bridgehead atoms. The lowest BCUT2D eigenvalue weighted by atomic mass is 9.83. The van der Waals surface area contributed by atoms with Gasteiger partial charge in [-0.2, -0.15) is 0 Å². The van der Waals surface area contributed by atoms with Crippen molar-refractivity contribution >= 4 is 17.1 Å². The first-order chi connectivity index (χ1) is 8.16. The fourth-order valence-electron chi connectivity index (χ4n) is 2.45. The number of carbonyl (C=O) groups is 1. The van der Waals surface area contributed by atoms with Gasteiger partial charge in [-0.05, 0) is 25.7 Å². The van der Waals surface area contributed by atoms with E-state index in [9.17, 15) is 9.90 Å². The van der Waals surface area contributed by atoms with Crippen LogP contribution in [-0.4, -0.2) is 22.0 Å². The molecule has 0 amide bonds. The van der Waals surface area contributed by atoms with E-state index in [1.165, 1.54) is 17.8 Å². The molecule has 1 atom stereocenters. The minimum atomic E-state index is -0.778. The van der Waals surface area contributed by atoms with E-state index >= 15 is 0 Å². The van der Waals surface area contributed by atoms with Gasteiger partial charge in [0.15, 0.2) is 5.78 Å². The Morgan fingerprint density at radius 1 is 1.53 bits per heavy atom. The number of nitrogens with zero attached hydrogens (tertiary/aromatic N) is 1. The SMILES string of the molecule is Cc1csc(CC(=O)C(O)C2CCCCC2)n1. The maximum atomic E-state index is 11.9. The third-order valence-corrected chi connectivity index (χ3v) is 4.38. The van der Waals surface area contributed by atoms with Gasteiger partial charge < -0.3 is 5.11 Å². The van der Waals surface area contributed by atoms with Crippen LogP contribution >= 0.6 is 11.3 Å². The molecule has 1 N–H and O–H groups in total. The van der Waals surface area contributed by atoms with Crippen molar-refractivity contribution in [2.24, 2.45) is 5.92 Å². The Morgan fingerprint density at radius 2 is 2.24 bits per heavy atom. The normalized spacial score (nSPS) is 19.2. The van der Waals surface area contributed by atoms with Crippen LogP contribution in [0.15, 0.2) is 5.38 Å². The fourth-order valence-corrected chi connectivity index (χ4v) is 3.23. The molecule has 1 heterocycles. The predicted octanol–water partition coefficient (Wildman–Crippen LogP) is 2.50. The lowest BCUT2D eigenvalue weighted by Gasteiger charge is -2.25. The van der Waals surface area contributed by atoms with Gasteiger partial charge in [0, 0.05) is 11.1 Å². The van der Waals surface area contributed by atoms with E-state index < -0.39 is 6.10 Å². The molecule has 3 nitrogen and oxygen atoms in total. The third kappa shape index (κ3) is 3.36. The summed E-state index contributed by atoms with van der Waals surface area (Å²) in [5.74, 6) is 0.114. The molecule has 1 aromatic heterocycles. The molecule has 1 fully saturated rings. The van der Waals surface area contributed by atoms with Crippen LogP contribution in [0.3, 0.4) is 0 Å². The molecular formula is C13H19NO2S. The number of aliphatic hydroxyl groups excluding tert-OH is 1. The minimum Gasteiger partial charge on any atom is -0.385 e. The van der Waals surface area contributed by atoms with Crippen LogP contribution < -0.4 is 0 Å². The zero-order valence-electron chi connectivity index (χ0n) is 10.2. The lowest BCUT2D eigenvalue weighted by molar-refractivity contribution is -0.129. The van der Waals surface area contributed by atoms with Crippen molar-refractivity contribution in [3.63, 3.8) is 0 Å². The highest BCUT2D eigenvalue weighted by Crippen LogP contribution is 2.27. The maximum absolute atomic E-state index is 11.9. The molecule has 17 heavy (non-hydrogen) atoms. The van der Waals surface area contributed by atoms with Crippen LogP contribution in [-0.2, 0) is 11.2 Å². The summed E-state index contributed by atoms with van der Waals surface area (Å²) in [5, 5.41) is 12.8. The molecule has 0 aliphatic heterocycles. The molecule has 1 unspecified atom stereocenters. The maximum Gasteiger partial charge on any atom is 0.168 e. The predicted molar refractivity (Wildman–Crippen MR) is 68.1 cm³/mol. The molecule has 1 aliphatic rings. The number of hydrogen-bond donors (Lipinski definition) is 1. The highest BCUT2D eigenvalue weighted by Gasteiger charge is 2.27. The van der Waals surface area contributed by atoms with Crippen molar-refractivity contribution < 1.29 is 9.90 Å². The summed E-state index contributed by atoms with van der Waals surface area (Å²) in [6, 6.07) is 0. The Morgan fingerprint density at radius 3 is 2.82 bits per heavy atom. The van der Waals surface area contributed by atoms with E-state index in [1.807, 2.05) is 12.3 Å². The molecule has 0 radical (unpaired) electrons. The lowest BCUT2D eigenvalue weighted by Crippen LogP contribution is -2.32. The van der Waals surface area contributed by atoms with Gasteiger partial charge in [-0.25, -0.2) is 4.98 Å². The molecule has 1 aromatic rings. The summed E-state index contributed by atoms with van der Waals surface area (Å²) < 4.78 is 0. The van der Waals surface area contributed by atoms with Gasteiger partial charge in [0.05, 0.1) is 6.42 Å². The van der Waals surface area contributed by atoms with Crippen molar-refractivity contribution in [3.05, 3.63) is 16.1 Å². The Kier molecular flexibility index (Phi) is 4.29. The molecule has 2 rings (SSSR count). The van der Waals surface area contributed by atoms with Gasteiger partial charge in [-0.15, -0.1) is 11.3 Å². The van der Waals surface area contributed by atoms with E-state index in [2.05, 4.69) is 4.98 Å². The van der Waals surface area contributed by atoms with Crippen LogP contribution in [0.5, 0.6) is 0 Å². The monoisotopic (exact) mass is 253 g/mol. The summed E-state index contributed by atoms with van der Waals surface area (Å²) in [5.41, 5.74) is 0.949. The number of aryl methyl sites for hydroxylation is 1. The van der Waals surface area contributed by atoms with Crippen LogP contribution in [0.25, 0.3) is 0 Å². The van der Waals surface area contributed by atoms with E-state index in [0.717, 1.165) is 36.4 Å². The Balaban J connectivity index is 1.90. The smallest absolute Gasteiger partial charge is 0.168 e. The Hall–Kier alpha value is -0.740. The molecule has 0 saturated heterocycles. The minimum absolute atomic E-state index is 0.0637. The van der Waals surface area contributed by atoms with Gasteiger partial charge in [-0.1, -0.05) is 19.3 Å². The van der Waals surface area contributed by atoms with E-state index in [0.29, 0.717) is 0 Å². The fraction of sp³-hybridized carbons (Fsp3) is 0.692. The Labute approximate surface area is 106 Å². The van der Waals surface area contributed by atoms with Crippen molar-refractivity contribution in [2.75, 3.05) is 0 Å². The van der Waals surface area contributed by atoms with E-state index in [-0.39, 0.29) is 18.1 Å². The standard InChI is InChI=1S/C13H19NO2S/c1-9-8-17-12(14-9)7-11(15)13(16)10-5-3-2-4-6-10/h8,10,13,16H,2-7H2,1H3. The molecule has 94 valence electrons. The summed E-state index contributed by atoms with van der Waals surface area (Å²) >= 11 is 1.50. The molecule has 4 heteroatoms. The number of thiazole rings is 1. The zero-order chi connectivity index (χ0) is 12.3. The number of Topliss-reactive ketones (excluding diaryl/α,β-unsaturated/α-hetero) is 1. The van der Waals surface area contributed by atoms with Crippen LogP contribution in [0, 0.1) is 12.8 Å². The molecular weight excluding hydrogens is 234 g/mol. The average Bonchev–Trinajstić information content (AvgIpc) is 2.75. The summed E-state index contributed by atoms with van der Waals surface area (Å²) in [6.07, 6.45) is 5.02. The summed E-state index contributed by atoms with van der Waals surface area (Å²) in [4.78, 5) is 16.2. The van der Waals surface area contributed by atoms with E-state index in [4.69, 9.17) is 0 Å². The van der Waals surface area contributed by atoms with Gasteiger partial charge in [0.25, 0.3) is 0 Å². The van der Waals surface area contributed by atoms with E-state index in [1.54, 1.807) is 0 Å². The van der Waals surface area contributed by atoms with Gasteiger partial charge in [0.1, 0.15) is 11.1 Å². The molecule has 1 aliphatic carbocycles. The molecule has 0 aromatic carbocycles. The largest absolute Gasteiger partial charge is 0.385 e. The number of hydrogen-bond acceptors (Lipinski definition) is 4. The second kappa shape index (κ2) is 5.74. The summed E-state index contributed by atoms with van der Waals surface area (Å²) in [6.45, 7) is 1.92. The van der Waals surface area contributed by atoms with Gasteiger partial charge in [0.2, 0.25) is 0 Å². The Bertz CT molecular complexity index is 383. The highest BCUT2D eigenvalue weighted by molar-refractivity contribution is 7.09. The molecule has 0 spiro atoms. The average molecular weight is 253 g/mol. The van der Waals surface area contributed by atoms with Gasteiger partial charge in [-0.3, -0.25) is 4.79 Å². The third-order valence-electron chi connectivity index (χ3n) is 3.42. The second-order valence-corrected chi connectivity index (χ2v) is 5.81. The first-order valence-electron chi connectivity index (χ1n) is 6.28. The van der Waals surface area contributed by atoms with Crippen molar-refractivity contribution in [1.82, 2.24) is 4.98 Å². The number of aliphatic hydroxyl groups is 1. The second-order valence-electron chi connectivity index (χ2n) is 4.87. The van der Waals surface area contributed by atoms with Crippen LogP contribution in [0.2, 0.25) is 0 Å². The first-order valence-corrected chi connectivity index (χ1v) is 7.16. The quantitative estimate of drug-likeness (QED) is 0.897. The number of carbonyl (C=O) groups excluding carboxylic acids is 1. The molecule has 1 saturated carbocycles. The first kappa shape index (κ1) is 12.7. The van der Waals surface area contributed by atoms with Crippen molar-refractivity contribution in [1.29, 1.82) is 0 Å². The zero-order valence-corrected chi connectivity index (χ0v) is 11.0.